The van der Waals surface area contributed by atoms with Gasteiger partial charge >= 0.3 is 11.9 Å². The van der Waals surface area contributed by atoms with Crippen LogP contribution in [-0.2, 0) is 14.3 Å². The lowest BCUT2D eigenvalue weighted by molar-refractivity contribution is -0.143. The molecular formula is C10H15BrO4. The Labute approximate surface area is 97.1 Å². The molecule has 1 saturated heterocycles. The number of carbonyl (C=O) groups excluding carboxylic acids is 1. The predicted molar refractivity (Wildman–Crippen MR) is 57.9 cm³/mol. The molecule has 2 atom stereocenters. The Kier molecular flexibility index (Phi) is 4.13. The van der Waals surface area contributed by atoms with E-state index < -0.39 is 10.3 Å². The maximum absolute atomic E-state index is 11.0. The summed E-state index contributed by atoms with van der Waals surface area (Å²) in [5.41, 5.74) is 0. The molecule has 0 amide bonds. The van der Waals surface area contributed by atoms with Gasteiger partial charge in [-0.2, -0.15) is 0 Å². The summed E-state index contributed by atoms with van der Waals surface area (Å²) >= 11 is 3.20. The van der Waals surface area contributed by atoms with Gasteiger partial charge in [-0.15, -0.1) is 0 Å². The molecule has 0 aliphatic carbocycles. The third-order valence-electron chi connectivity index (χ3n) is 2.66. The van der Waals surface area contributed by atoms with E-state index in [1.165, 1.54) is 0 Å². The minimum atomic E-state index is -0.898. The van der Waals surface area contributed by atoms with Gasteiger partial charge in [-0.25, -0.2) is 0 Å². The minimum absolute atomic E-state index is 0.177. The van der Waals surface area contributed by atoms with Crippen molar-refractivity contribution >= 4 is 27.9 Å². The number of esters is 1. The van der Waals surface area contributed by atoms with Crippen LogP contribution in [0.15, 0.2) is 0 Å². The monoisotopic (exact) mass is 278 g/mol. The van der Waals surface area contributed by atoms with E-state index in [0.29, 0.717) is 25.9 Å². The number of carboxylic acids is 1. The predicted octanol–water partition coefficient (Wildman–Crippen LogP) is 1.96. The van der Waals surface area contributed by atoms with E-state index >= 15 is 0 Å². The van der Waals surface area contributed by atoms with Crippen molar-refractivity contribution in [2.45, 2.75) is 36.9 Å². The summed E-state index contributed by atoms with van der Waals surface area (Å²) in [4.78, 5) is 21.9. The zero-order chi connectivity index (χ0) is 11.5. The second kappa shape index (κ2) is 4.96. The average molecular weight is 279 g/mol. The van der Waals surface area contributed by atoms with Gasteiger partial charge in [-0.05, 0) is 32.1 Å². The summed E-state index contributed by atoms with van der Waals surface area (Å²) in [5.74, 6) is -0.806. The lowest BCUT2D eigenvalue weighted by Gasteiger charge is -2.22. The summed E-state index contributed by atoms with van der Waals surface area (Å²) in [5, 5.41) is 8.95. The van der Waals surface area contributed by atoms with Crippen LogP contribution >= 0.6 is 15.9 Å². The molecule has 1 rings (SSSR count). The first kappa shape index (κ1) is 12.5. The molecule has 4 nitrogen and oxygen atoms in total. The summed E-state index contributed by atoms with van der Waals surface area (Å²) in [6.45, 7) is 2.05. The third-order valence-corrected chi connectivity index (χ3v) is 3.33. The van der Waals surface area contributed by atoms with Gasteiger partial charge in [0.05, 0.1) is 6.61 Å². The van der Waals surface area contributed by atoms with Crippen LogP contribution in [0.2, 0.25) is 0 Å². The molecule has 1 fully saturated rings. The molecule has 0 radical (unpaired) electrons. The van der Waals surface area contributed by atoms with Crippen LogP contribution in [0.3, 0.4) is 0 Å². The van der Waals surface area contributed by atoms with E-state index in [2.05, 4.69) is 15.9 Å². The van der Waals surface area contributed by atoms with Crippen LogP contribution in [0.5, 0.6) is 0 Å². The van der Waals surface area contributed by atoms with Crippen molar-refractivity contribution in [1.29, 1.82) is 0 Å². The van der Waals surface area contributed by atoms with E-state index in [4.69, 9.17) is 9.84 Å². The Bertz CT molecular complexity index is 262. The molecule has 1 aliphatic rings. The van der Waals surface area contributed by atoms with Crippen molar-refractivity contribution in [3.05, 3.63) is 0 Å². The number of ether oxygens (including phenoxy) is 1. The highest BCUT2D eigenvalue weighted by molar-refractivity contribution is 9.10. The maximum Gasteiger partial charge on any atom is 0.320 e. The molecule has 0 aromatic heterocycles. The quantitative estimate of drug-likeness (QED) is 0.633. The lowest BCUT2D eigenvalue weighted by Crippen LogP contribution is -2.30. The highest BCUT2D eigenvalue weighted by Crippen LogP contribution is 2.31. The van der Waals surface area contributed by atoms with Gasteiger partial charge in [-0.3, -0.25) is 9.59 Å². The molecule has 1 N–H and O–H groups in total. The van der Waals surface area contributed by atoms with Crippen molar-refractivity contribution in [2.24, 2.45) is 5.92 Å². The number of carbonyl (C=O) groups is 2. The molecule has 1 heterocycles. The van der Waals surface area contributed by atoms with Gasteiger partial charge in [0.2, 0.25) is 0 Å². The van der Waals surface area contributed by atoms with Gasteiger partial charge in [0.25, 0.3) is 0 Å². The van der Waals surface area contributed by atoms with E-state index in [9.17, 15) is 9.59 Å². The van der Waals surface area contributed by atoms with Crippen molar-refractivity contribution in [1.82, 2.24) is 0 Å². The van der Waals surface area contributed by atoms with Gasteiger partial charge in [0.1, 0.15) is 4.32 Å². The number of cyclic esters (lactones) is 1. The van der Waals surface area contributed by atoms with Gasteiger partial charge in [-0.1, -0.05) is 15.9 Å². The topological polar surface area (TPSA) is 63.6 Å². The molecule has 5 heteroatoms. The average Bonchev–Trinajstić information content (AvgIpc) is 2.30. The fraction of sp³-hybridized carbons (Fsp3) is 0.800. The first-order chi connectivity index (χ1) is 6.92. The Morgan fingerprint density at radius 2 is 2.33 bits per heavy atom. The van der Waals surface area contributed by atoms with E-state index in [0.717, 1.165) is 6.42 Å². The highest BCUT2D eigenvalue weighted by atomic mass is 79.9. The second-order valence-corrected chi connectivity index (χ2v) is 5.87. The molecule has 0 bridgehead atoms. The number of hydrogen-bond donors (Lipinski definition) is 1. The molecular weight excluding hydrogens is 264 g/mol. The fourth-order valence-corrected chi connectivity index (χ4v) is 2.17. The minimum Gasteiger partial charge on any atom is -0.480 e. The Balaban J connectivity index is 2.51. The van der Waals surface area contributed by atoms with Crippen LogP contribution in [0.25, 0.3) is 0 Å². The van der Waals surface area contributed by atoms with Crippen LogP contribution < -0.4 is 0 Å². The van der Waals surface area contributed by atoms with Crippen LogP contribution in [0, 0.1) is 5.92 Å². The zero-order valence-electron chi connectivity index (χ0n) is 8.66. The Morgan fingerprint density at radius 3 is 2.93 bits per heavy atom. The molecule has 86 valence electrons. The summed E-state index contributed by atoms with van der Waals surface area (Å²) in [7, 11) is 0. The molecule has 0 saturated carbocycles. The van der Waals surface area contributed by atoms with Crippen molar-refractivity contribution in [3.63, 3.8) is 0 Å². The number of hydrogen-bond acceptors (Lipinski definition) is 3. The summed E-state index contributed by atoms with van der Waals surface area (Å²) in [6.07, 6.45) is 2.39. The maximum atomic E-state index is 11.0. The summed E-state index contributed by atoms with van der Waals surface area (Å²) < 4.78 is 4.01. The molecule has 0 aromatic rings. The molecule has 0 aromatic carbocycles. The third kappa shape index (κ3) is 3.81. The highest BCUT2D eigenvalue weighted by Gasteiger charge is 2.33. The molecule has 0 spiro atoms. The van der Waals surface area contributed by atoms with Crippen LogP contribution in [-0.4, -0.2) is 28.0 Å². The van der Waals surface area contributed by atoms with Crippen molar-refractivity contribution in [3.8, 4) is 0 Å². The van der Waals surface area contributed by atoms with Crippen LogP contribution in [0.1, 0.15) is 32.6 Å². The number of aliphatic carboxylic acids is 1. The van der Waals surface area contributed by atoms with E-state index in [1.54, 1.807) is 6.92 Å². The second-order valence-electron chi connectivity index (χ2n) is 4.12. The number of rotatable bonds is 3. The van der Waals surface area contributed by atoms with Crippen molar-refractivity contribution in [2.75, 3.05) is 6.61 Å². The normalized spacial score (nSPS) is 26.3. The van der Waals surface area contributed by atoms with Crippen LogP contribution in [0.4, 0.5) is 0 Å². The molecule has 1 aliphatic heterocycles. The Morgan fingerprint density at radius 1 is 1.67 bits per heavy atom. The lowest BCUT2D eigenvalue weighted by atomic mass is 9.90. The van der Waals surface area contributed by atoms with Crippen molar-refractivity contribution < 1.29 is 19.4 Å². The summed E-state index contributed by atoms with van der Waals surface area (Å²) in [6, 6.07) is 0. The molecule has 2 unspecified atom stereocenters. The van der Waals surface area contributed by atoms with E-state index in [-0.39, 0.29) is 11.9 Å². The van der Waals surface area contributed by atoms with E-state index in [1.807, 2.05) is 0 Å². The van der Waals surface area contributed by atoms with Gasteiger partial charge in [0.15, 0.2) is 0 Å². The molecule has 15 heavy (non-hydrogen) atoms. The number of alkyl halides is 1. The first-order valence-corrected chi connectivity index (χ1v) is 5.79. The zero-order valence-corrected chi connectivity index (χ0v) is 10.2. The van der Waals surface area contributed by atoms with Gasteiger partial charge in [0, 0.05) is 6.42 Å². The largest absolute Gasteiger partial charge is 0.480 e. The first-order valence-electron chi connectivity index (χ1n) is 5.00. The standard InChI is InChI=1S/C10H15BrO4/c1-10(11,9(13)14)6-7-2-3-8(12)15-5-4-7/h7H,2-6H2,1H3,(H,13,14). The fourth-order valence-electron chi connectivity index (χ4n) is 1.71. The Hall–Kier alpha value is -0.580. The SMILES string of the molecule is CC(Br)(CC1CCOC(=O)CC1)C(=O)O. The smallest absolute Gasteiger partial charge is 0.320 e. The van der Waals surface area contributed by atoms with Gasteiger partial charge < -0.3 is 9.84 Å². The number of halogens is 1. The number of carboxylic acid groups (broad SMARTS) is 1.